The molecule has 0 rings (SSSR count). The zero-order valence-electron chi connectivity index (χ0n) is 7.31. The summed E-state index contributed by atoms with van der Waals surface area (Å²) in [6, 6.07) is 0.743. The van der Waals surface area contributed by atoms with Crippen LogP contribution in [-0.4, -0.2) is 25.1 Å². The van der Waals surface area contributed by atoms with Crippen molar-refractivity contribution < 1.29 is 0 Å². The Balaban J connectivity index is 3.09. The van der Waals surface area contributed by atoms with Crippen molar-refractivity contribution in [3.63, 3.8) is 0 Å². The monoisotopic (exact) mass is 161 g/mol. The van der Waals surface area contributed by atoms with Crippen molar-refractivity contribution in [3.05, 3.63) is 0 Å². The van der Waals surface area contributed by atoms with Crippen LogP contribution in [0, 0.1) is 0 Å². The van der Waals surface area contributed by atoms with Gasteiger partial charge in [-0.15, -0.1) is 0 Å². The van der Waals surface area contributed by atoms with Gasteiger partial charge in [-0.1, -0.05) is 6.92 Å². The van der Waals surface area contributed by atoms with Gasteiger partial charge in [-0.2, -0.15) is 11.8 Å². The molecule has 0 aliphatic rings. The molecule has 0 spiro atoms. The number of hydrogen-bond acceptors (Lipinski definition) is 2. The summed E-state index contributed by atoms with van der Waals surface area (Å²) < 4.78 is 0. The van der Waals surface area contributed by atoms with Crippen molar-refractivity contribution >= 4 is 11.8 Å². The van der Waals surface area contributed by atoms with Gasteiger partial charge in [-0.3, -0.25) is 0 Å². The minimum atomic E-state index is 0.743. The lowest BCUT2D eigenvalue weighted by Crippen LogP contribution is -2.23. The van der Waals surface area contributed by atoms with Gasteiger partial charge in [0.15, 0.2) is 0 Å². The summed E-state index contributed by atoms with van der Waals surface area (Å²) in [5.74, 6) is 1.30. The molecule has 0 fully saturated rings. The molecule has 1 atom stereocenters. The summed E-state index contributed by atoms with van der Waals surface area (Å²) >= 11 is 1.94. The molecular formula is C8H19NS. The van der Waals surface area contributed by atoms with Gasteiger partial charge < -0.3 is 5.32 Å². The Kier molecular flexibility index (Phi) is 7.65. The van der Waals surface area contributed by atoms with Crippen LogP contribution in [-0.2, 0) is 0 Å². The largest absolute Gasteiger partial charge is 0.317 e. The maximum Gasteiger partial charge on any atom is 0.00617 e. The molecule has 0 saturated carbocycles. The Bertz CT molecular complexity index is 62.3. The van der Waals surface area contributed by atoms with Crippen LogP contribution < -0.4 is 5.32 Å². The molecule has 0 aromatic heterocycles. The molecule has 0 aromatic carbocycles. The maximum atomic E-state index is 3.30. The minimum Gasteiger partial charge on any atom is -0.317 e. The third-order valence-electron chi connectivity index (χ3n) is 1.80. The lowest BCUT2D eigenvalue weighted by atomic mass is 10.1. The van der Waals surface area contributed by atoms with E-state index in [1.165, 1.54) is 25.0 Å². The van der Waals surface area contributed by atoms with Crippen LogP contribution >= 0.6 is 11.8 Å². The summed E-state index contributed by atoms with van der Waals surface area (Å²) in [4.78, 5) is 0. The first kappa shape index (κ1) is 10.3. The molecular weight excluding hydrogens is 142 g/mol. The standard InChI is InChI=1S/C8H19NS/c1-4-8(9-2)6-5-7-10-3/h8-9H,4-7H2,1-3H3. The summed E-state index contributed by atoms with van der Waals surface area (Å²) in [5.41, 5.74) is 0. The van der Waals surface area contributed by atoms with Crippen LogP contribution in [0.3, 0.4) is 0 Å². The van der Waals surface area contributed by atoms with Gasteiger partial charge in [0.25, 0.3) is 0 Å². The lowest BCUT2D eigenvalue weighted by Gasteiger charge is -2.12. The molecule has 10 heavy (non-hydrogen) atoms. The zero-order valence-corrected chi connectivity index (χ0v) is 8.13. The van der Waals surface area contributed by atoms with E-state index >= 15 is 0 Å². The van der Waals surface area contributed by atoms with E-state index in [1.807, 2.05) is 18.8 Å². The maximum absolute atomic E-state index is 3.30. The molecule has 0 radical (unpaired) electrons. The average Bonchev–Trinajstić information content (AvgIpc) is 1.99. The normalized spacial score (nSPS) is 13.5. The fourth-order valence-corrected chi connectivity index (χ4v) is 1.48. The second-order valence-corrected chi connectivity index (χ2v) is 3.51. The van der Waals surface area contributed by atoms with E-state index in [9.17, 15) is 0 Å². The summed E-state index contributed by atoms with van der Waals surface area (Å²) in [6.07, 6.45) is 6.10. The molecule has 0 bridgehead atoms. The van der Waals surface area contributed by atoms with Gasteiger partial charge in [0.2, 0.25) is 0 Å². The Morgan fingerprint density at radius 2 is 2.20 bits per heavy atom. The molecule has 2 heteroatoms. The summed E-state index contributed by atoms with van der Waals surface area (Å²) in [7, 11) is 2.05. The Morgan fingerprint density at radius 1 is 1.50 bits per heavy atom. The second kappa shape index (κ2) is 7.42. The van der Waals surface area contributed by atoms with Gasteiger partial charge in [0.1, 0.15) is 0 Å². The molecule has 62 valence electrons. The molecule has 1 unspecified atom stereocenters. The van der Waals surface area contributed by atoms with E-state index in [2.05, 4.69) is 18.5 Å². The molecule has 0 heterocycles. The summed E-state index contributed by atoms with van der Waals surface area (Å²) in [5, 5.41) is 3.30. The van der Waals surface area contributed by atoms with Gasteiger partial charge >= 0.3 is 0 Å². The van der Waals surface area contributed by atoms with Crippen molar-refractivity contribution in [3.8, 4) is 0 Å². The van der Waals surface area contributed by atoms with Gasteiger partial charge in [-0.25, -0.2) is 0 Å². The third kappa shape index (κ3) is 5.12. The van der Waals surface area contributed by atoms with E-state index in [0.717, 1.165) is 6.04 Å². The Labute approximate surface area is 69.0 Å². The minimum absolute atomic E-state index is 0.743. The highest BCUT2D eigenvalue weighted by Gasteiger charge is 2.00. The van der Waals surface area contributed by atoms with Crippen molar-refractivity contribution in [2.24, 2.45) is 0 Å². The fraction of sp³-hybridized carbons (Fsp3) is 1.00. The Morgan fingerprint density at radius 3 is 2.60 bits per heavy atom. The van der Waals surface area contributed by atoms with Crippen LogP contribution in [0.4, 0.5) is 0 Å². The van der Waals surface area contributed by atoms with E-state index in [4.69, 9.17) is 0 Å². The molecule has 0 aliphatic carbocycles. The van der Waals surface area contributed by atoms with Gasteiger partial charge in [0, 0.05) is 6.04 Å². The first-order valence-corrected chi connectivity index (χ1v) is 5.40. The van der Waals surface area contributed by atoms with E-state index < -0.39 is 0 Å². The molecule has 0 amide bonds. The SMILES string of the molecule is CCC(CCCSC)NC. The van der Waals surface area contributed by atoms with Crippen molar-refractivity contribution in [1.29, 1.82) is 0 Å². The van der Waals surface area contributed by atoms with Crippen molar-refractivity contribution in [2.75, 3.05) is 19.1 Å². The molecule has 0 aliphatic heterocycles. The number of hydrogen-bond donors (Lipinski definition) is 1. The quantitative estimate of drug-likeness (QED) is 0.599. The number of nitrogens with one attached hydrogen (secondary N) is 1. The third-order valence-corrected chi connectivity index (χ3v) is 2.50. The van der Waals surface area contributed by atoms with E-state index in [1.54, 1.807) is 0 Å². The first-order valence-electron chi connectivity index (χ1n) is 4.01. The highest BCUT2D eigenvalue weighted by Crippen LogP contribution is 2.04. The van der Waals surface area contributed by atoms with Crippen molar-refractivity contribution in [2.45, 2.75) is 32.2 Å². The van der Waals surface area contributed by atoms with Gasteiger partial charge in [-0.05, 0) is 38.3 Å². The Hall–Kier alpha value is 0.310. The van der Waals surface area contributed by atoms with E-state index in [-0.39, 0.29) is 0 Å². The second-order valence-electron chi connectivity index (χ2n) is 2.53. The lowest BCUT2D eigenvalue weighted by molar-refractivity contribution is 0.504. The van der Waals surface area contributed by atoms with Crippen LogP contribution in [0.2, 0.25) is 0 Å². The smallest absolute Gasteiger partial charge is 0.00617 e. The van der Waals surface area contributed by atoms with Crippen LogP contribution in [0.25, 0.3) is 0 Å². The fourth-order valence-electron chi connectivity index (χ4n) is 1.03. The predicted octanol–water partition coefficient (Wildman–Crippen LogP) is 2.13. The highest BCUT2D eigenvalue weighted by atomic mass is 32.2. The molecule has 1 nitrogen and oxygen atoms in total. The number of rotatable bonds is 6. The van der Waals surface area contributed by atoms with Crippen LogP contribution in [0.5, 0.6) is 0 Å². The number of thioether (sulfide) groups is 1. The molecule has 0 saturated heterocycles. The van der Waals surface area contributed by atoms with Crippen LogP contribution in [0.1, 0.15) is 26.2 Å². The van der Waals surface area contributed by atoms with E-state index in [0.29, 0.717) is 0 Å². The van der Waals surface area contributed by atoms with Crippen molar-refractivity contribution in [1.82, 2.24) is 5.32 Å². The highest BCUT2D eigenvalue weighted by molar-refractivity contribution is 7.98. The average molecular weight is 161 g/mol. The topological polar surface area (TPSA) is 12.0 Å². The summed E-state index contributed by atoms with van der Waals surface area (Å²) in [6.45, 7) is 2.24. The zero-order chi connectivity index (χ0) is 7.82. The predicted molar refractivity (Wildman–Crippen MR) is 50.8 cm³/mol. The first-order chi connectivity index (χ1) is 4.85. The molecule has 0 aromatic rings. The van der Waals surface area contributed by atoms with Crippen LogP contribution in [0.15, 0.2) is 0 Å². The molecule has 1 N–H and O–H groups in total. The van der Waals surface area contributed by atoms with Gasteiger partial charge in [0.05, 0.1) is 0 Å².